The molecule has 4 rings (SSSR count). The van der Waals surface area contributed by atoms with E-state index in [1.807, 2.05) is 31.2 Å². The van der Waals surface area contributed by atoms with Crippen molar-refractivity contribution in [1.29, 1.82) is 0 Å². The molecular weight excluding hydrogens is 362 g/mol. The second kappa shape index (κ2) is 8.42. The Morgan fingerprint density at radius 2 is 1.86 bits per heavy atom. The van der Waals surface area contributed by atoms with Crippen molar-refractivity contribution >= 4 is 16.9 Å². The average Bonchev–Trinajstić information content (AvgIpc) is 3.33. The zero-order chi connectivity index (χ0) is 20.4. The van der Waals surface area contributed by atoms with Crippen LogP contribution in [0.4, 0.5) is 0 Å². The molecule has 1 aliphatic rings. The van der Waals surface area contributed by atoms with Gasteiger partial charge in [-0.15, -0.1) is 0 Å². The molecular formula is C25H29NO3. The molecule has 1 unspecified atom stereocenters. The van der Waals surface area contributed by atoms with E-state index in [4.69, 9.17) is 0 Å². The lowest BCUT2D eigenvalue weighted by Gasteiger charge is -2.16. The lowest BCUT2D eigenvalue weighted by Crippen LogP contribution is -2.07. The first-order valence-corrected chi connectivity index (χ1v) is 10.6. The van der Waals surface area contributed by atoms with E-state index in [0.717, 1.165) is 47.0 Å². The minimum absolute atomic E-state index is 0.328. The van der Waals surface area contributed by atoms with Gasteiger partial charge in [0.15, 0.2) is 0 Å². The van der Waals surface area contributed by atoms with Crippen molar-refractivity contribution in [3.63, 3.8) is 0 Å². The Morgan fingerprint density at radius 3 is 2.55 bits per heavy atom. The highest BCUT2D eigenvalue weighted by atomic mass is 16.4. The number of carboxylic acids is 1. The molecule has 0 saturated heterocycles. The Kier molecular flexibility index (Phi) is 5.72. The van der Waals surface area contributed by atoms with Gasteiger partial charge in [-0.3, -0.25) is 0 Å². The number of hydrogen-bond donors (Lipinski definition) is 3. The van der Waals surface area contributed by atoms with Crippen LogP contribution in [0.2, 0.25) is 0 Å². The summed E-state index contributed by atoms with van der Waals surface area (Å²) in [5, 5.41) is 21.6. The Morgan fingerprint density at radius 1 is 1.14 bits per heavy atom. The quantitative estimate of drug-likeness (QED) is 0.493. The van der Waals surface area contributed by atoms with E-state index in [2.05, 4.69) is 17.1 Å². The molecule has 0 aliphatic heterocycles. The first-order chi connectivity index (χ1) is 14.0. The second-order valence-corrected chi connectivity index (χ2v) is 8.42. The molecule has 1 aromatic heterocycles. The number of aromatic amines is 1. The Labute approximate surface area is 171 Å². The number of aryl methyl sites for hydroxylation is 3. The fourth-order valence-electron chi connectivity index (χ4n) is 4.80. The molecule has 1 aliphatic carbocycles. The third-order valence-corrected chi connectivity index (χ3v) is 6.39. The molecule has 29 heavy (non-hydrogen) atoms. The minimum Gasteiger partial charge on any atom is -0.478 e. The molecule has 0 amide bonds. The lowest BCUT2D eigenvalue weighted by molar-refractivity contribution is 0.0696. The van der Waals surface area contributed by atoms with E-state index in [-0.39, 0.29) is 0 Å². The summed E-state index contributed by atoms with van der Waals surface area (Å²) in [5.41, 5.74) is 5.13. The predicted octanol–water partition coefficient (Wildman–Crippen LogP) is 5.57. The monoisotopic (exact) mass is 391 g/mol. The van der Waals surface area contributed by atoms with Gasteiger partial charge in [0.05, 0.1) is 11.7 Å². The van der Waals surface area contributed by atoms with E-state index in [1.165, 1.54) is 31.2 Å². The van der Waals surface area contributed by atoms with Gasteiger partial charge in [-0.25, -0.2) is 4.79 Å². The van der Waals surface area contributed by atoms with Crippen LogP contribution in [0, 0.1) is 12.8 Å². The average molecular weight is 392 g/mol. The zero-order valence-corrected chi connectivity index (χ0v) is 16.9. The van der Waals surface area contributed by atoms with E-state index >= 15 is 0 Å². The van der Waals surface area contributed by atoms with Crippen molar-refractivity contribution in [3.8, 4) is 0 Å². The van der Waals surface area contributed by atoms with E-state index < -0.39 is 12.1 Å². The van der Waals surface area contributed by atoms with E-state index in [0.29, 0.717) is 11.5 Å². The number of nitrogens with one attached hydrogen (secondary N) is 1. The smallest absolute Gasteiger partial charge is 0.335 e. The van der Waals surface area contributed by atoms with Gasteiger partial charge >= 0.3 is 5.97 Å². The third-order valence-electron chi connectivity index (χ3n) is 6.39. The Bertz CT molecular complexity index is 1000. The molecule has 0 bridgehead atoms. The highest BCUT2D eigenvalue weighted by Crippen LogP contribution is 2.36. The lowest BCUT2D eigenvalue weighted by atomic mass is 9.93. The topological polar surface area (TPSA) is 73.3 Å². The van der Waals surface area contributed by atoms with Crippen LogP contribution in [0.25, 0.3) is 10.9 Å². The molecule has 0 radical (unpaired) electrons. The number of aliphatic hydroxyl groups excluding tert-OH is 1. The number of aliphatic hydroxyl groups is 1. The van der Waals surface area contributed by atoms with Gasteiger partial charge in [0.25, 0.3) is 0 Å². The van der Waals surface area contributed by atoms with Gasteiger partial charge < -0.3 is 15.2 Å². The normalized spacial score (nSPS) is 15.8. The number of aromatic nitrogens is 1. The summed E-state index contributed by atoms with van der Waals surface area (Å²) in [6, 6.07) is 14.0. The first-order valence-electron chi connectivity index (χ1n) is 10.6. The summed E-state index contributed by atoms with van der Waals surface area (Å²) in [6.45, 7) is 1.82. The van der Waals surface area contributed by atoms with Gasteiger partial charge in [-0.2, -0.15) is 0 Å². The number of aromatic carboxylic acids is 1. The number of rotatable bonds is 7. The Hall–Kier alpha value is -2.59. The van der Waals surface area contributed by atoms with Crippen LogP contribution in [-0.2, 0) is 12.8 Å². The van der Waals surface area contributed by atoms with Gasteiger partial charge in [-0.05, 0) is 60.9 Å². The van der Waals surface area contributed by atoms with Crippen molar-refractivity contribution in [2.75, 3.05) is 0 Å². The van der Waals surface area contributed by atoms with Crippen LogP contribution >= 0.6 is 0 Å². The maximum Gasteiger partial charge on any atom is 0.335 e. The molecule has 1 saturated carbocycles. The number of H-pyrrole nitrogens is 1. The van der Waals surface area contributed by atoms with Gasteiger partial charge in [0.2, 0.25) is 0 Å². The molecule has 3 aromatic rings. The summed E-state index contributed by atoms with van der Waals surface area (Å²) in [7, 11) is 0. The SMILES string of the molecule is Cc1cc2[nH]c(C(O)CC3CCCC3)c(CCc3ccccc3)c2cc1C(=O)O. The summed E-state index contributed by atoms with van der Waals surface area (Å²) in [4.78, 5) is 15.1. The van der Waals surface area contributed by atoms with Gasteiger partial charge in [0, 0.05) is 16.6 Å². The van der Waals surface area contributed by atoms with Crippen LogP contribution in [0.5, 0.6) is 0 Å². The zero-order valence-electron chi connectivity index (χ0n) is 16.9. The maximum absolute atomic E-state index is 11.7. The molecule has 1 fully saturated rings. The first kappa shape index (κ1) is 19.7. The fraction of sp³-hybridized carbons (Fsp3) is 0.400. The molecule has 152 valence electrons. The van der Waals surface area contributed by atoms with Crippen molar-refractivity contribution in [1.82, 2.24) is 4.98 Å². The number of hydrogen-bond acceptors (Lipinski definition) is 2. The molecule has 0 spiro atoms. The molecule has 3 N–H and O–H groups in total. The largest absolute Gasteiger partial charge is 0.478 e. The summed E-state index contributed by atoms with van der Waals surface area (Å²) < 4.78 is 0. The van der Waals surface area contributed by atoms with Crippen molar-refractivity contribution in [2.24, 2.45) is 5.92 Å². The molecule has 4 nitrogen and oxygen atoms in total. The number of fused-ring (bicyclic) bond motifs is 1. The number of carbonyl (C=O) groups is 1. The van der Waals surface area contributed by atoms with Crippen LogP contribution in [0.1, 0.15) is 71.0 Å². The van der Waals surface area contributed by atoms with Crippen LogP contribution in [0.3, 0.4) is 0 Å². The summed E-state index contributed by atoms with van der Waals surface area (Å²) >= 11 is 0. The number of benzene rings is 2. The van der Waals surface area contributed by atoms with Crippen LogP contribution < -0.4 is 0 Å². The molecule has 4 heteroatoms. The minimum atomic E-state index is -0.910. The summed E-state index contributed by atoms with van der Waals surface area (Å²) in [5.74, 6) is -0.331. The van der Waals surface area contributed by atoms with E-state index in [1.54, 1.807) is 6.07 Å². The van der Waals surface area contributed by atoms with Crippen molar-refractivity contribution in [2.45, 2.75) is 58.0 Å². The van der Waals surface area contributed by atoms with Gasteiger partial charge in [0.1, 0.15) is 0 Å². The van der Waals surface area contributed by atoms with Crippen molar-refractivity contribution < 1.29 is 15.0 Å². The highest BCUT2D eigenvalue weighted by Gasteiger charge is 2.24. The molecule has 2 aromatic carbocycles. The van der Waals surface area contributed by atoms with Gasteiger partial charge in [-0.1, -0.05) is 56.0 Å². The van der Waals surface area contributed by atoms with Crippen LogP contribution in [-0.4, -0.2) is 21.2 Å². The van der Waals surface area contributed by atoms with Crippen molar-refractivity contribution in [3.05, 3.63) is 70.4 Å². The molecule has 1 heterocycles. The molecule has 1 atom stereocenters. The summed E-state index contributed by atoms with van der Waals surface area (Å²) in [6.07, 6.45) is 6.76. The second-order valence-electron chi connectivity index (χ2n) is 8.42. The van der Waals surface area contributed by atoms with Crippen LogP contribution in [0.15, 0.2) is 42.5 Å². The predicted molar refractivity (Wildman–Crippen MR) is 115 cm³/mol. The highest BCUT2D eigenvalue weighted by molar-refractivity contribution is 5.97. The third kappa shape index (κ3) is 4.23. The fourth-order valence-corrected chi connectivity index (χ4v) is 4.80. The number of carboxylic acid groups (broad SMARTS) is 1. The standard InChI is InChI=1S/C25H29NO3/c1-16-13-22-21(15-20(16)25(28)29)19(12-11-17-7-3-2-4-8-17)24(26-22)23(27)14-18-9-5-6-10-18/h2-4,7-8,13,15,18,23,26-27H,5-6,9-12,14H2,1H3,(H,28,29). The Balaban J connectivity index is 1.72. The maximum atomic E-state index is 11.7. The van der Waals surface area contributed by atoms with E-state index in [9.17, 15) is 15.0 Å².